The van der Waals surface area contributed by atoms with Gasteiger partial charge in [0, 0.05) is 6.20 Å². The SMILES string of the molecule is Cc1nn2cccc(C)c2c1C(N)=O. The largest absolute Gasteiger partial charge is 0.365 e. The average molecular weight is 189 g/mol. The van der Waals surface area contributed by atoms with E-state index in [4.69, 9.17) is 5.73 Å². The number of aryl methyl sites for hydroxylation is 2. The van der Waals surface area contributed by atoms with Gasteiger partial charge in [-0.2, -0.15) is 5.10 Å². The first-order valence-electron chi connectivity index (χ1n) is 4.35. The van der Waals surface area contributed by atoms with Gasteiger partial charge in [0.1, 0.15) is 0 Å². The van der Waals surface area contributed by atoms with E-state index in [9.17, 15) is 4.79 Å². The van der Waals surface area contributed by atoms with Gasteiger partial charge in [-0.25, -0.2) is 4.52 Å². The fourth-order valence-corrected chi connectivity index (χ4v) is 1.68. The van der Waals surface area contributed by atoms with E-state index < -0.39 is 5.91 Å². The first kappa shape index (κ1) is 8.74. The summed E-state index contributed by atoms with van der Waals surface area (Å²) in [6, 6.07) is 3.82. The van der Waals surface area contributed by atoms with Crippen molar-refractivity contribution < 1.29 is 4.79 Å². The van der Waals surface area contributed by atoms with Crippen molar-refractivity contribution in [3.63, 3.8) is 0 Å². The zero-order valence-electron chi connectivity index (χ0n) is 8.11. The Morgan fingerprint density at radius 2 is 2.21 bits per heavy atom. The van der Waals surface area contributed by atoms with Gasteiger partial charge in [-0.3, -0.25) is 4.79 Å². The maximum Gasteiger partial charge on any atom is 0.252 e. The third-order valence-electron chi connectivity index (χ3n) is 2.28. The number of fused-ring (bicyclic) bond motifs is 1. The minimum atomic E-state index is -0.424. The lowest BCUT2D eigenvalue weighted by Gasteiger charge is -1.98. The topological polar surface area (TPSA) is 60.4 Å². The molecule has 0 aliphatic rings. The van der Waals surface area contributed by atoms with Crippen LogP contribution >= 0.6 is 0 Å². The second-order valence-corrected chi connectivity index (χ2v) is 3.31. The quantitative estimate of drug-likeness (QED) is 0.728. The number of primary amides is 1. The molecule has 0 saturated heterocycles. The molecule has 0 aliphatic heterocycles. The molecular formula is C10H11N3O. The first-order chi connectivity index (χ1) is 6.61. The maximum absolute atomic E-state index is 11.2. The number of amides is 1. The Balaban J connectivity index is 2.93. The van der Waals surface area contributed by atoms with Crippen LogP contribution in [0.4, 0.5) is 0 Å². The summed E-state index contributed by atoms with van der Waals surface area (Å²) in [6.45, 7) is 3.72. The molecular weight excluding hydrogens is 178 g/mol. The summed E-state index contributed by atoms with van der Waals surface area (Å²) in [4.78, 5) is 11.2. The Morgan fingerprint density at radius 3 is 2.86 bits per heavy atom. The highest BCUT2D eigenvalue weighted by Gasteiger charge is 2.15. The van der Waals surface area contributed by atoms with Crippen molar-refractivity contribution in [3.8, 4) is 0 Å². The molecule has 4 nitrogen and oxygen atoms in total. The highest BCUT2D eigenvalue weighted by atomic mass is 16.1. The maximum atomic E-state index is 11.2. The van der Waals surface area contributed by atoms with Crippen LogP contribution in [0.25, 0.3) is 5.52 Å². The first-order valence-corrected chi connectivity index (χ1v) is 4.35. The fraction of sp³-hybridized carbons (Fsp3) is 0.200. The summed E-state index contributed by atoms with van der Waals surface area (Å²) in [5.41, 5.74) is 8.30. The summed E-state index contributed by atoms with van der Waals surface area (Å²) in [6.07, 6.45) is 1.81. The summed E-state index contributed by atoms with van der Waals surface area (Å²) >= 11 is 0. The summed E-state index contributed by atoms with van der Waals surface area (Å²) in [5, 5.41) is 4.21. The van der Waals surface area contributed by atoms with Crippen molar-refractivity contribution >= 4 is 11.4 Å². The third kappa shape index (κ3) is 1.08. The number of hydrogen-bond donors (Lipinski definition) is 1. The van der Waals surface area contributed by atoms with Gasteiger partial charge in [0.15, 0.2) is 0 Å². The molecule has 2 N–H and O–H groups in total. The molecule has 0 saturated carbocycles. The van der Waals surface area contributed by atoms with Gasteiger partial charge >= 0.3 is 0 Å². The van der Waals surface area contributed by atoms with Crippen molar-refractivity contribution in [1.82, 2.24) is 9.61 Å². The highest BCUT2D eigenvalue weighted by molar-refractivity contribution is 6.01. The lowest BCUT2D eigenvalue weighted by atomic mass is 10.1. The molecule has 0 radical (unpaired) electrons. The van der Waals surface area contributed by atoms with E-state index in [0.29, 0.717) is 11.3 Å². The molecule has 2 aromatic rings. The molecule has 14 heavy (non-hydrogen) atoms. The normalized spacial score (nSPS) is 10.7. The van der Waals surface area contributed by atoms with E-state index in [-0.39, 0.29) is 0 Å². The predicted octanol–water partition coefficient (Wildman–Crippen LogP) is 1.05. The molecule has 0 unspecified atom stereocenters. The third-order valence-corrected chi connectivity index (χ3v) is 2.28. The van der Waals surface area contributed by atoms with Crippen molar-refractivity contribution in [2.24, 2.45) is 5.73 Å². The monoisotopic (exact) mass is 189 g/mol. The smallest absolute Gasteiger partial charge is 0.252 e. The number of nitrogens with two attached hydrogens (primary N) is 1. The van der Waals surface area contributed by atoms with Crippen LogP contribution in [0.5, 0.6) is 0 Å². The second-order valence-electron chi connectivity index (χ2n) is 3.31. The molecule has 0 bridgehead atoms. The number of rotatable bonds is 1. The Kier molecular flexibility index (Phi) is 1.77. The Bertz CT molecular complexity index is 513. The minimum Gasteiger partial charge on any atom is -0.365 e. The number of carbonyl (C=O) groups is 1. The van der Waals surface area contributed by atoms with E-state index in [1.54, 1.807) is 11.4 Å². The van der Waals surface area contributed by atoms with Crippen LogP contribution in [0.3, 0.4) is 0 Å². The van der Waals surface area contributed by atoms with Gasteiger partial charge in [0.05, 0.1) is 16.8 Å². The van der Waals surface area contributed by atoms with E-state index in [1.807, 2.05) is 25.3 Å². The molecule has 0 atom stereocenters. The lowest BCUT2D eigenvalue weighted by Crippen LogP contribution is -2.12. The van der Waals surface area contributed by atoms with Crippen molar-refractivity contribution in [2.75, 3.05) is 0 Å². The second kappa shape index (κ2) is 2.83. The molecule has 2 aromatic heterocycles. The van der Waals surface area contributed by atoms with E-state index >= 15 is 0 Å². The minimum absolute atomic E-state index is 0.424. The standard InChI is InChI=1S/C10H11N3O/c1-6-4-3-5-13-9(6)8(10(11)14)7(2)12-13/h3-5H,1-2H3,(H2,11,14). The van der Waals surface area contributed by atoms with Gasteiger partial charge < -0.3 is 5.73 Å². The number of pyridine rings is 1. The molecule has 4 heteroatoms. The van der Waals surface area contributed by atoms with E-state index in [0.717, 1.165) is 11.1 Å². The average Bonchev–Trinajstić information content (AvgIpc) is 2.42. The number of nitrogens with zero attached hydrogens (tertiary/aromatic N) is 2. The molecule has 2 heterocycles. The van der Waals surface area contributed by atoms with E-state index in [1.165, 1.54) is 0 Å². The van der Waals surface area contributed by atoms with E-state index in [2.05, 4.69) is 5.10 Å². The summed E-state index contributed by atoms with van der Waals surface area (Å²) in [7, 11) is 0. The molecule has 0 spiro atoms. The van der Waals surface area contributed by atoms with Gasteiger partial charge in [0.25, 0.3) is 5.91 Å². The van der Waals surface area contributed by atoms with Crippen LogP contribution in [0, 0.1) is 13.8 Å². The molecule has 0 fully saturated rings. The molecule has 0 aliphatic carbocycles. The molecule has 72 valence electrons. The highest BCUT2D eigenvalue weighted by Crippen LogP contribution is 2.17. The van der Waals surface area contributed by atoms with Crippen LogP contribution in [-0.2, 0) is 0 Å². The summed E-state index contributed by atoms with van der Waals surface area (Å²) in [5.74, 6) is -0.424. The zero-order valence-corrected chi connectivity index (χ0v) is 8.11. The summed E-state index contributed by atoms with van der Waals surface area (Å²) < 4.78 is 1.69. The van der Waals surface area contributed by atoms with Crippen LogP contribution in [0.15, 0.2) is 18.3 Å². The predicted molar refractivity (Wildman–Crippen MR) is 53.2 cm³/mol. The Labute approximate surface area is 81.3 Å². The van der Waals surface area contributed by atoms with Crippen molar-refractivity contribution in [2.45, 2.75) is 13.8 Å². The van der Waals surface area contributed by atoms with Crippen LogP contribution in [0.2, 0.25) is 0 Å². The van der Waals surface area contributed by atoms with Crippen LogP contribution in [-0.4, -0.2) is 15.5 Å². The molecule has 1 amide bonds. The van der Waals surface area contributed by atoms with Crippen molar-refractivity contribution in [3.05, 3.63) is 35.2 Å². The number of carbonyl (C=O) groups excluding carboxylic acids is 1. The van der Waals surface area contributed by atoms with Gasteiger partial charge in [-0.1, -0.05) is 6.07 Å². The van der Waals surface area contributed by atoms with Gasteiger partial charge in [-0.15, -0.1) is 0 Å². The Hall–Kier alpha value is -1.84. The number of hydrogen-bond acceptors (Lipinski definition) is 2. The van der Waals surface area contributed by atoms with Gasteiger partial charge in [0.2, 0.25) is 0 Å². The van der Waals surface area contributed by atoms with Crippen LogP contribution < -0.4 is 5.73 Å². The number of aromatic nitrogens is 2. The lowest BCUT2D eigenvalue weighted by molar-refractivity contribution is 0.100. The molecule has 2 rings (SSSR count). The van der Waals surface area contributed by atoms with Crippen molar-refractivity contribution in [1.29, 1.82) is 0 Å². The molecule has 0 aromatic carbocycles. The Morgan fingerprint density at radius 1 is 1.50 bits per heavy atom. The van der Waals surface area contributed by atoms with Crippen LogP contribution in [0.1, 0.15) is 21.6 Å². The fourth-order valence-electron chi connectivity index (χ4n) is 1.68. The zero-order chi connectivity index (χ0) is 10.3. The van der Waals surface area contributed by atoms with Gasteiger partial charge in [-0.05, 0) is 25.5 Å².